The molecule has 0 radical (unpaired) electrons. The third-order valence-electron chi connectivity index (χ3n) is 2.65. The molecule has 0 saturated carbocycles. The highest BCUT2D eigenvalue weighted by atomic mass is 79.9. The zero-order valence-electron chi connectivity index (χ0n) is 9.68. The lowest BCUT2D eigenvalue weighted by Gasteiger charge is -2.02. The van der Waals surface area contributed by atoms with Crippen LogP contribution in [0.25, 0.3) is 17.1 Å². The van der Waals surface area contributed by atoms with Crippen molar-refractivity contribution < 1.29 is 4.42 Å². The van der Waals surface area contributed by atoms with Crippen molar-refractivity contribution in [2.45, 2.75) is 0 Å². The molecular formula is C13H9Br2N3O. The van der Waals surface area contributed by atoms with E-state index in [0.717, 1.165) is 10.2 Å². The van der Waals surface area contributed by atoms with Crippen molar-refractivity contribution in [1.82, 2.24) is 9.78 Å². The Balaban J connectivity index is 2.10. The van der Waals surface area contributed by atoms with Gasteiger partial charge in [-0.05, 0) is 56.1 Å². The Labute approximate surface area is 126 Å². The highest BCUT2D eigenvalue weighted by Crippen LogP contribution is 2.30. The van der Waals surface area contributed by atoms with E-state index in [9.17, 15) is 0 Å². The van der Waals surface area contributed by atoms with Crippen molar-refractivity contribution in [2.75, 3.05) is 5.73 Å². The molecule has 2 N–H and O–H groups in total. The number of furan rings is 1. The van der Waals surface area contributed by atoms with Gasteiger partial charge in [0.05, 0.1) is 17.6 Å². The third-order valence-corrected chi connectivity index (χ3v) is 3.75. The number of hydrogen-bond donors (Lipinski definition) is 1. The van der Waals surface area contributed by atoms with Crippen LogP contribution in [0.5, 0.6) is 0 Å². The van der Waals surface area contributed by atoms with Gasteiger partial charge in [0.15, 0.2) is 16.1 Å². The largest absolute Gasteiger partial charge is 0.448 e. The number of anilines is 1. The molecule has 0 fully saturated rings. The molecule has 6 heteroatoms. The maximum Gasteiger partial charge on any atom is 0.169 e. The highest BCUT2D eigenvalue weighted by Gasteiger charge is 2.14. The number of halogens is 2. The van der Waals surface area contributed by atoms with Gasteiger partial charge in [-0.25, -0.2) is 4.68 Å². The first-order valence-electron chi connectivity index (χ1n) is 5.51. The van der Waals surface area contributed by atoms with Crippen molar-refractivity contribution in [3.8, 4) is 17.1 Å². The van der Waals surface area contributed by atoms with Crippen LogP contribution >= 0.6 is 31.9 Å². The van der Waals surface area contributed by atoms with Crippen LogP contribution in [-0.4, -0.2) is 9.78 Å². The summed E-state index contributed by atoms with van der Waals surface area (Å²) in [5.41, 5.74) is 8.11. The van der Waals surface area contributed by atoms with Gasteiger partial charge in [-0.3, -0.25) is 0 Å². The molecule has 0 unspecified atom stereocenters. The van der Waals surface area contributed by atoms with Crippen LogP contribution in [0.4, 0.5) is 5.69 Å². The Bertz CT molecular complexity index is 733. The molecule has 2 heterocycles. The summed E-state index contributed by atoms with van der Waals surface area (Å²) >= 11 is 6.76. The fourth-order valence-electron chi connectivity index (χ4n) is 1.78. The maximum absolute atomic E-state index is 6.00. The number of rotatable bonds is 2. The zero-order valence-corrected chi connectivity index (χ0v) is 12.8. The van der Waals surface area contributed by atoms with E-state index in [1.807, 2.05) is 36.4 Å². The summed E-state index contributed by atoms with van der Waals surface area (Å²) in [4.78, 5) is 0. The molecule has 0 saturated heterocycles. The molecule has 0 aliphatic heterocycles. The lowest BCUT2D eigenvalue weighted by Crippen LogP contribution is -1.95. The second-order valence-corrected chi connectivity index (χ2v) is 5.57. The summed E-state index contributed by atoms with van der Waals surface area (Å²) in [5.74, 6) is 0.634. The predicted octanol–water partition coefficient (Wildman–Crippen LogP) is 4.24. The molecule has 2 aromatic heterocycles. The van der Waals surface area contributed by atoms with E-state index >= 15 is 0 Å². The molecule has 0 aliphatic carbocycles. The molecule has 3 aromatic rings. The van der Waals surface area contributed by atoms with Crippen molar-refractivity contribution >= 4 is 37.5 Å². The van der Waals surface area contributed by atoms with Crippen LogP contribution in [0.2, 0.25) is 0 Å². The molecule has 1 aromatic carbocycles. The van der Waals surface area contributed by atoms with E-state index in [-0.39, 0.29) is 0 Å². The van der Waals surface area contributed by atoms with Crippen LogP contribution in [0.15, 0.2) is 56.2 Å². The first-order chi connectivity index (χ1) is 9.15. The second kappa shape index (κ2) is 4.86. The Morgan fingerprint density at radius 3 is 2.58 bits per heavy atom. The fourth-order valence-corrected chi connectivity index (χ4v) is 2.55. The van der Waals surface area contributed by atoms with E-state index in [1.54, 1.807) is 10.9 Å². The summed E-state index contributed by atoms with van der Waals surface area (Å²) in [6.07, 6.45) is 1.77. The van der Waals surface area contributed by atoms with Crippen molar-refractivity contribution in [1.29, 1.82) is 0 Å². The zero-order chi connectivity index (χ0) is 13.4. The average molecular weight is 383 g/mol. The van der Waals surface area contributed by atoms with E-state index in [1.165, 1.54) is 0 Å². The molecule has 3 rings (SSSR count). The molecule has 0 bridgehead atoms. The molecule has 0 aliphatic rings. The van der Waals surface area contributed by atoms with Gasteiger partial charge in [0, 0.05) is 4.47 Å². The summed E-state index contributed by atoms with van der Waals surface area (Å²) in [6, 6.07) is 11.4. The van der Waals surface area contributed by atoms with Gasteiger partial charge in [0.25, 0.3) is 0 Å². The number of hydrogen-bond acceptors (Lipinski definition) is 3. The Kier molecular flexibility index (Phi) is 3.20. The van der Waals surface area contributed by atoms with E-state index in [2.05, 4.69) is 37.0 Å². The number of benzene rings is 1. The first kappa shape index (κ1) is 12.5. The molecule has 0 amide bonds. The van der Waals surface area contributed by atoms with Gasteiger partial charge >= 0.3 is 0 Å². The molecule has 96 valence electrons. The fraction of sp³-hybridized carbons (Fsp3) is 0. The van der Waals surface area contributed by atoms with Gasteiger partial charge < -0.3 is 10.2 Å². The first-order valence-corrected chi connectivity index (χ1v) is 7.09. The van der Waals surface area contributed by atoms with Crippen LogP contribution in [0.1, 0.15) is 0 Å². The minimum Gasteiger partial charge on any atom is -0.448 e. The summed E-state index contributed by atoms with van der Waals surface area (Å²) < 4.78 is 8.81. The number of nitrogens with two attached hydrogens (primary N) is 1. The minimum absolute atomic E-state index is 0.567. The number of aromatic nitrogens is 2. The van der Waals surface area contributed by atoms with Gasteiger partial charge in [-0.1, -0.05) is 12.1 Å². The standard InChI is InChI=1S/C13H9Br2N3O/c14-8-3-1-2-4-10(8)18-7-9(16)13(17-18)11-5-6-12(15)19-11/h1-7H,16H2. The minimum atomic E-state index is 0.567. The molecular weight excluding hydrogens is 374 g/mol. The summed E-state index contributed by atoms with van der Waals surface area (Å²) in [5, 5.41) is 4.47. The molecule has 4 nitrogen and oxygen atoms in total. The molecule has 19 heavy (non-hydrogen) atoms. The maximum atomic E-state index is 6.00. The van der Waals surface area contributed by atoms with Crippen LogP contribution in [0.3, 0.4) is 0 Å². The smallest absolute Gasteiger partial charge is 0.169 e. The lowest BCUT2D eigenvalue weighted by atomic mass is 10.3. The average Bonchev–Trinajstić information content (AvgIpc) is 2.96. The van der Waals surface area contributed by atoms with Crippen LogP contribution < -0.4 is 5.73 Å². The highest BCUT2D eigenvalue weighted by molar-refractivity contribution is 9.10. The van der Waals surface area contributed by atoms with Gasteiger partial charge in [0.2, 0.25) is 0 Å². The predicted molar refractivity (Wildman–Crippen MR) is 81.1 cm³/mol. The van der Waals surface area contributed by atoms with Crippen molar-refractivity contribution in [3.63, 3.8) is 0 Å². The van der Waals surface area contributed by atoms with Gasteiger partial charge in [0.1, 0.15) is 0 Å². The molecule has 0 atom stereocenters. The lowest BCUT2D eigenvalue weighted by molar-refractivity contribution is 0.553. The Morgan fingerprint density at radius 1 is 1.11 bits per heavy atom. The third kappa shape index (κ3) is 2.33. The normalized spacial score (nSPS) is 10.8. The van der Waals surface area contributed by atoms with E-state index in [4.69, 9.17) is 10.2 Å². The van der Waals surface area contributed by atoms with Crippen LogP contribution in [-0.2, 0) is 0 Å². The van der Waals surface area contributed by atoms with E-state index in [0.29, 0.717) is 21.8 Å². The Morgan fingerprint density at radius 2 is 1.89 bits per heavy atom. The number of para-hydroxylation sites is 1. The summed E-state index contributed by atoms with van der Waals surface area (Å²) in [7, 11) is 0. The summed E-state index contributed by atoms with van der Waals surface area (Å²) in [6.45, 7) is 0. The quantitative estimate of drug-likeness (QED) is 0.721. The topological polar surface area (TPSA) is 57.0 Å². The number of nitrogen functional groups attached to an aromatic ring is 1. The Hall–Kier alpha value is -1.53. The second-order valence-electron chi connectivity index (χ2n) is 3.93. The monoisotopic (exact) mass is 381 g/mol. The van der Waals surface area contributed by atoms with Gasteiger partial charge in [-0.15, -0.1) is 0 Å². The van der Waals surface area contributed by atoms with Crippen molar-refractivity contribution in [3.05, 3.63) is 51.7 Å². The van der Waals surface area contributed by atoms with Gasteiger partial charge in [-0.2, -0.15) is 5.10 Å². The SMILES string of the molecule is Nc1cn(-c2ccccc2Br)nc1-c1ccc(Br)o1. The van der Waals surface area contributed by atoms with E-state index < -0.39 is 0 Å². The number of nitrogens with zero attached hydrogens (tertiary/aromatic N) is 2. The van der Waals surface area contributed by atoms with Crippen LogP contribution in [0, 0.1) is 0 Å². The molecule has 0 spiro atoms. The van der Waals surface area contributed by atoms with Crippen molar-refractivity contribution in [2.24, 2.45) is 0 Å².